The quantitative estimate of drug-likeness (QED) is 0.627. The molecule has 0 spiro atoms. The molecular formula is C10H26OSi2. The summed E-state index contributed by atoms with van der Waals surface area (Å²) in [5.74, 6) is 0. The van der Waals surface area contributed by atoms with Crippen molar-refractivity contribution in [3.8, 4) is 0 Å². The van der Waals surface area contributed by atoms with Gasteiger partial charge in [-0.1, -0.05) is 27.2 Å². The van der Waals surface area contributed by atoms with Crippen molar-refractivity contribution in [1.29, 1.82) is 0 Å². The Balaban J connectivity index is 4.24. The van der Waals surface area contributed by atoms with Crippen LogP contribution in [-0.2, 0) is 4.12 Å². The van der Waals surface area contributed by atoms with Gasteiger partial charge in [0.2, 0.25) is 0 Å². The maximum atomic E-state index is 6.40. The van der Waals surface area contributed by atoms with Crippen molar-refractivity contribution >= 4 is 16.6 Å². The van der Waals surface area contributed by atoms with Crippen LogP contribution in [0.3, 0.4) is 0 Å². The summed E-state index contributed by atoms with van der Waals surface area (Å²) in [6, 6.07) is 1.30. The molecule has 0 atom stereocenters. The van der Waals surface area contributed by atoms with E-state index in [1.165, 1.54) is 12.5 Å². The molecule has 1 nitrogen and oxygen atoms in total. The van der Waals surface area contributed by atoms with Crippen LogP contribution in [0.25, 0.3) is 0 Å². The van der Waals surface area contributed by atoms with Crippen LogP contribution in [0.2, 0.25) is 37.8 Å². The zero-order valence-electron chi connectivity index (χ0n) is 10.4. The first-order chi connectivity index (χ1) is 5.71. The van der Waals surface area contributed by atoms with Crippen molar-refractivity contribution in [2.75, 3.05) is 0 Å². The van der Waals surface area contributed by atoms with Gasteiger partial charge < -0.3 is 4.12 Å². The lowest BCUT2D eigenvalue weighted by atomic mass is 10.6. The van der Waals surface area contributed by atoms with Crippen LogP contribution >= 0.6 is 0 Å². The van der Waals surface area contributed by atoms with Crippen LogP contribution in [0, 0.1) is 0 Å². The Bertz CT molecular complexity index is 153. The average molecular weight is 218 g/mol. The second-order valence-electron chi connectivity index (χ2n) is 5.37. The minimum atomic E-state index is -1.39. The van der Waals surface area contributed by atoms with Gasteiger partial charge in [0, 0.05) is 0 Å². The predicted octanol–water partition coefficient (Wildman–Crippen LogP) is 4.23. The largest absolute Gasteiger partial charge is 0.455 e. The highest BCUT2D eigenvalue weighted by molar-refractivity contribution is 6.85. The lowest BCUT2D eigenvalue weighted by Gasteiger charge is -2.36. The van der Waals surface area contributed by atoms with Crippen molar-refractivity contribution in [3.63, 3.8) is 0 Å². The Kier molecular flexibility index (Phi) is 4.90. The molecule has 0 aromatic heterocycles. The van der Waals surface area contributed by atoms with Crippen LogP contribution in [0.4, 0.5) is 0 Å². The predicted molar refractivity (Wildman–Crippen MR) is 66.2 cm³/mol. The standard InChI is InChI=1S/C10H26OSi2/c1-8-9-12(4,5)11-13(6,7)10(2)3/h10H,8-9H2,1-7H3. The minimum Gasteiger partial charge on any atom is -0.455 e. The Morgan fingerprint density at radius 2 is 1.54 bits per heavy atom. The van der Waals surface area contributed by atoms with E-state index in [0.717, 1.165) is 5.54 Å². The molecule has 0 rings (SSSR count). The van der Waals surface area contributed by atoms with Gasteiger partial charge in [-0.2, -0.15) is 0 Å². The summed E-state index contributed by atoms with van der Waals surface area (Å²) < 4.78 is 6.40. The van der Waals surface area contributed by atoms with E-state index < -0.39 is 16.6 Å². The van der Waals surface area contributed by atoms with E-state index in [4.69, 9.17) is 4.12 Å². The van der Waals surface area contributed by atoms with Crippen LogP contribution in [0.15, 0.2) is 0 Å². The smallest absolute Gasteiger partial charge is 0.176 e. The molecule has 0 N–H and O–H groups in total. The van der Waals surface area contributed by atoms with Gasteiger partial charge in [0.15, 0.2) is 16.6 Å². The number of hydrogen-bond donors (Lipinski definition) is 0. The van der Waals surface area contributed by atoms with E-state index in [1.807, 2.05) is 0 Å². The molecule has 0 saturated carbocycles. The fourth-order valence-electron chi connectivity index (χ4n) is 1.48. The monoisotopic (exact) mass is 218 g/mol. The number of hydrogen-bond acceptors (Lipinski definition) is 1. The topological polar surface area (TPSA) is 9.23 Å². The first-order valence-electron chi connectivity index (χ1n) is 5.41. The minimum absolute atomic E-state index is 0.733. The molecule has 0 aliphatic carbocycles. The van der Waals surface area contributed by atoms with Crippen molar-refractivity contribution in [3.05, 3.63) is 0 Å². The third-order valence-corrected chi connectivity index (χ3v) is 11.6. The molecule has 0 aromatic carbocycles. The SMILES string of the molecule is CCC[Si](C)(C)O[Si](C)(C)C(C)C. The van der Waals surface area contributed by atoms with E-state index >= 15 is 0 Å². The highest BCUT2D eigenvalue weighted by atomic mass is 28.4. The molecule has 3 heteroatoms. The van der Waals surface area contributed by atoms with E-state index in [9.17, 15) is 0 Å². The van der Waals surface area contributed by atoms with Gasteiger partial charge >= 0.3 is 0 Å². The van der Waals surface area contributed by atoms with Gasteiger partial charge in [-0.25, -0.2) is 0 Å². The highest BCUT2D eigenvalue weighted by Crippen LogP contribution is 2.27. The molecule has 0 aliphatic rings. The van der Waals surface area contributed by atoms with E-state index in [-0.39, 0.29) is 0 Å². The second-order valence-corrected chi connectivity index (χ2v) is 14.6. The molecule has 0 aliphatic heterocycles. The molecule has 0 amide bonds. The van der Waals surface area contributed by atoms with Gasteiger partial charge in [0.25, 0.3) is 0 Å². The Labute approximate surface area is 86.1 Å². The van der Waals surface area contributed by atoms with Crippen molar-refractivity contribution in [2.45, 2.75) is 65.0 Å². The van der Waals surface area contributed by atoms with E-state index in [2.05, 4.69) is 47.0 Å². The molecular weight excluding hydrogens is 192 g/mol. The zero-order chi connectivity index (χ0) is 10.7. The van der Waals surface area contributed by atoms with Crippen molar-refractivity contribution in [2.24, 2.45) is 0 Å². The summed E-state index contributed by atoms with van der Waals surface area (Å²) in [4.78, 5) is 0. The molecule has 13 heavy (non-hydrogen) atoms. The molecule has 0 fully saturated rings. The normalized spacial score (nSPS) is 13.8. The molecule has 0 unspecified atom stereocenters. The van der Waals surface area contributed by atoms with Crippen LogP contribution in [0.5, 0.6) is 0 Å². The lowest BCUT2D eigenvalue weighted by molar-refractivity contribution is 0.522. The Morgan fingerprint density at radius 3 is 1.85 bits per heavy atom. The summed E-state index contributed by atoms with van der Waals surface area (Å²) in [5.41, 5.74) is 0.733. The fraction of sp³-hybridized carbons (Fsp3) is 1.00. The van der Waals surface area contributed by atoms with Gasteiger partial charge in [-0.05, 0) is 37.8 Å². The van der Waals surface area contributed by atoms with Crippen LogP contribution in [0.1, 0.15) is 27.2 Å². The average Bonchev–Trinajstić information content (AvgIpc) is 1.83. The summed E-state index contributed by atoms with van der Waals surface area (Å²) in [6.45, 7) is 16.2. The zero-order valence-corrected chi connectivity index (χ0v) is 12.4. The summed E-state index contributed by atoms with van der Waals surface area (Å²) in [7, 11) is -2.73. The molecule has 80 valence electrons. The molecule has 0 radical (unpaired) electrons. The van der Waals surface area contributed by atoms with Crippen molar-refractivity contribution in [1.82, 2.24) is 0 Å². The summed E-state index contributed by atoms with van der Waals surface area (Å²) in [6.07, 6.45) is 1.27. The third-order valence-electron chi connectivity index (χ3n) is 2.78. The maximum absolute atomic E-state index is 6.40. The van der Waals surface area contributed by atoms with Crippen molar-refractivity contribution < 1.29 is 4.12 Å². The maximum Gasteiger partial charge on any atom is 0.176 e. The van der Waals surface area contributed by atoms with Gasteiger partial charge in [-0.15, -0.1) is 0 Å². The third kappa shape index (κ3) is 4.98. The Hall–Kier alpha value is 0.394. The van der Waals surface area contributed by atoms with Gasteiger partial charge in [0.05, 0.1) is 0 Å². The van der Waals surface area contributed by atoms with E-state index in [0.29, 0.717) is 0 Å². The van der Waals surface area contributed by atoms with Gasteiger partial charge in [-0.3, -0.25) is 0 Å². The second kappa shape index (κ2) is 4.76. The van der Waals surface area contributed by atoms with Crippen LogP contribution in [-0.4, -0.2) is 16.6 Å². The number of rotatable bonds is 5. The molecule has 0 saturated heterocycles. The molecule has 0 bridgehead atoms. The summed E-state index contributed by atoms with van der Waals surface area (Å²) >= 11 is 0. The summed E-state index contributed by atoms with van der Waals surface area (Å²) in [5, 5.41) is 0. The molecule has 0 heterocycles. The first kappa shape index (κ1) is 13.4. The lowest BCUT2D eigenvalue weighted by Crippen LogP contribution is -2.46. The Morgan fingerprint density at radius 1 is 1.08 bits per heavy atom. The molecule has 0 aromatic rings. The first-order valence-corrected chi connectivity index (χ1v) is 11.5. The van der Waals surface area contributed by atoms with E-state index in [1.54, 1.807) is 0 Å². The van der Waals surface area contributed by atoms with Gasteiger partial charge in [0.1, 0.15) is 0 Å². The van der Waals surface area contributed by atoms with Crippen LogP contribution < -0.4 is 0 Å². The fourth-order valence-corrected chi connectivity index (χ4v) is 9.74. The highest BCUT2D eigenvalue weighted by Gasteiger charge is 2.34.